The number of rotatable bonds is 7. The number of nitrogens with one attached hydrogen (secondary N) is 1. The summed E-state index contributed by atoms with van der Waals surface area (Å²) in [5.74, 6) is -1.06. The highest BCUT2D eigenvalue weighted by Gasteiger charge is 2.34. The molecule has 1 aromatic rings. The first-order chi connectivity index (χ1) is 10.4. The van der Waals surface area contributed by atoms with Gasteiger partial charge in [-0.3, -0.25) is 4.79 Å². The molecular formula is C14H20N2O6. The molecule has 1 amide bonds. The summed E-state index contributed by atoms with van der Waals surface area (Å²) in [4.78, 5) is 11.6. The molecule has 22 heavy (non-hydrogen) atoms. The number of carbonyl (C=O) groups excluding carboxylic acids is 1. The first-order valence-electron chi connectivity index (χ1n) is 6.59. The molecule has 4 unspecified atom stereocenters. The van der Waals surface area contributed by atoms with Crippen molar-refractivity contribution in [3.63, 3.8) is 0 Å². The fraction of sp³-hybridized carbons (Fsp3) is 0.429. The van der Waals surface area contributed by atoms with Gasteiger partial charge in [-0.05, 0) is 12.5 Å². The van der Waals surface area contributed by atoms with E-state index in [4.69, 9.17) is 10.2 Å². The van der Waals surface area contributed by atoms with Gasteiger partial charge < -0.3 is 25.5 Å². The molecule has 0 aromatic heterocycles. The fourth-order valence-corrected chi connectivity index (χ4v) is 1.57. The molecule has 0 radical (unpaired) electrons. The summed E-state index contributed by atoms with van der Waals surface area (Å²) in [6.45, 7) is 1.10. The van der Waals surface area contributed by atoms with E-state index in [2.05, 4.69) is 5.10 Å². The minimum absolute atomic E-state index is 0.719. The van der Waals surface area contributed by atoms with Crippen LogP contribution in [-0.4, -0.2) is 68.7 Å². The Kier molecular flexibility index (Phi) is 7.09. The lowest BCUT2D eigenvalue weighted by atomic mass is 10.0. The fourth-order valence-electron chi connectivity index (χ4n) is 1.57. The predicted octanol–water partition coefficient (Wildman–Crippen LogP) is -2.12. The van der Waals surface area contributed by atoms with Crippen LogP contribution in [0.2, 0.25) is 0 Å². The monoisotopic (exact) mass is 312 g/mol. The van der Waals surface area contributed by atoms with Gasteiger partial charge in [-0.2, -0.15) is 5.10 Å². The molecule has 4 atom stereocenters. The summed E-state index contributed by atoms with van der Waals surface area (Å²) < 4.78 is 0. The van der Waals surface area contributed by atoms with Crippen LogP contribution in [0.25, 0.3) is 0 Å². The van der Waals surface area contributed by atoms with Crippen LogP contribution < -0.4 is 5.43 Å². The van der Waals surface area contributed by atoms with Crippen molar-refractivity contribution in [2.75, 3.05) is 6.61 Å². The van der Waals surface area contributed by atoms with Crippen molar-refractivity contribution < 1.29 is 30.3 Å². The van der Waals surface area contributed by atoms with E-state index >= 15 is 0 Å². The molecule has 8 nitrogen and oxygen atoms in total. The van der Waals surface area contributed by atoms with Crippen LogP contribution in [0.5, 0.6) is 0 Å². The minimum atomic E-state index is -2.01. The van der Waals surface area contributed by atoms with E-state index < -0.39 is 36.9 Å². The third-order valence-corrected chi connectivity index (χ3v) is 2.99. The van der Waals surface area contributed by atoms with Gasteiger partial charge in [-0.1, -0.05) is 29.8 Å². The third kappa shape index (κ3) is 5.17. The number of hydrogen-bond donors (Lipinski definition) is 6. The van der Waals surface area contributed by atoms with Crippen LogP contribution in [-0.2, 0) is 4.79 Å². The SMILES string of the molecule is Cc1ccc(/C=N\NC(=O)C(O)C(O)C(O)C(O)CO)cc1. The van der Waals surface area contributed by atoms with Crippen molar-refractivity contribution in [2.45, 2.75) is 31.3 Å². The van der Waals surface area contributed by atoms with Crippen LogP contribution in [0.15, 0.2) is 29.4 Å². The topological polar surface area (TPSA) is 143 Å². The third-order valence-electron chi connectivity index (χ3n) is 2.99. The number of nitrogens with zero attached hydrogens (tertiary/aromatic N) is 1. The molecule has 0 heterocycles. The standard InChI is InChI=1S/C14H20N2O6/c1-8-2-4-9(5-3-8)6-15-16-14(22)13(21)12(20)11(19)10(18)7-17/h2-6,10-13,17-21H,7H2,1H3,(H,16,22)/b15-6-. The molecular weight excluding hydrogens is 292 g/mol. The van der Waals surface area contributed by atoms with Gasteiger partial charge in [0.05, 0.1) is 12.8 Å². The number of carbonyl (C=O) groups is 1. The van der Waals surface area contributed by atoms with Gasteiger partial charge >= 0.3 is 0 Å². The second-order valence-electron chi connectivity index (χ2n) is 4.82. The van der Waals surface area contributed by atoms with Gasteiger partial charge in [0.2, 0.25) is 0 Å². The second-order valence-corrected chi connectivity index (χ2v) is 4.82. The summed E-state index contributed by atoms with van der Waals surface area (Å²) in [5.41, 5.74) is 3.79. The lowest BCUT2D eigenvalue weighted by molar-refractivity contribution is -0.148. The average molecular weight is 312 g/mol. The molecule has 0 fully saturated rings. The normalized spacial score (nSPS) is 17.0. The maximum atomic E-state index is 11.6. The Labute approximate surface area is 127 Å². The Balaban J connectivity index is 2.55. The lowest BCUT2D eigenvalue weighted by Crippen LogP contribution is -2.50. The zero-order valence-corrected chi connectivity index (χ0v) is 12.0. The molecule has 122 valence electrons. The van der Waals surface area contributed by atoms with Crippen LogP contribution >= 0.6 is 0 Å². The van der Waals surface area contributed by atoms with E-state index in [1.807, 2.05) is 24.5 Å². The number of hydrogen-bond acceptors (Lipinski definition) is 7. The van der Waals surface area contributed by atoms with Crippen molar-refractivity contribution in [2.24, 2.45) is 5.10 Å². The number of hydrazone groups is 1. The molecule has 1 aromatic carbocycles. The molecule has 0 aliphatic carbocycles. The minimum Gasteiger partial charge on any atom is -0.394 e. The van der Waals surface area contributed by atoms with Crippen molar-refractivity contribution in [3.8, 4) is 0 Å². The zero-order chi connectivity index (χ0) is 16.7. The van der Waals surface area contributed by atoms with Crippen molar-refractivity contribution in [1.29, 1.82) is 0 Å². The molecule has 0 spiro atoms. The number of benzene rings is 1. The van der Waals surface area contributed by atoms with E-state index in [-0.39, 0.29) is 0 Å². The van der Waals surface area contributed by atoms with Gasteiger partial charge in [-0.15, -0.1) is 0 Å². The van der Waals surface area contributed by atoms with Gasteiger partial charge in [0.15, 0.2) is 6.10 Å². The van der Waals surface area contributed by atoms with E-state index in [9.17, 15) is 20.1 Å². The molecule has 8 heteroatoms. The number of aliphatic hydroxyl groups is 5. The maximum Gasteiger partial charge on any atom is 0.271 e. The quantitative estimate of drug-likeness (QED) is 0.251. The predicted molar refractivity (Wildman–Crippen MR) is 78.0 cm³/mol. The Morgan fingerprint density at radius 2 is 1.77 bits per heavy atom. The molecule has 6 N–H and O–H groups in total. The molecule has 0 saturated carbocycles. The van der Waals surface area contributed by atoms with Crippen LogP contribution in [0.1, 0.15) is 11.1 Å². The maximum absolute atomic E-state index is 11.6. The van der Waals surface area contributed by atoms with E-state index in [0.717, 1.165) is 11.1 Å². The molecule has 0 aliphatic heterocycles. The summed E-state index contributed by atoms with van der Waals surface area (Å²) in [7, 11) is 0. The van der Waals surface area contributed by atoms with Crippen LogP contribution in [0.4, 0.5) is 0 Å². The Morgan fingerprint density at radius 1 is 1.18 bits per heavy atom. The summed E-state index contributed by atoms with van der Waals surface area (Å²) in [5, 5.41) is 49.9. The van der Waals surface area contributed by atoms with Gasteiger partial charge in [-0.25, -0.2) is 5.43 Å². The van der Waals surface area contributed by atoms with Crippen molar-refractivity contribution in [3.05, 3.63) is 35.4 Å². The molecule has 0 saturated heterocycles. The van der Waals surface area contributed by atoms with Gasteiger partial charge in [0.1, 0.15) is 18.3 Å². The van der Waals surface area contributed by atoms with Crippen LogP contribution in [0, 0.1) is 6.92 Å². The summed E-state index contributed by atoms with van der Waals surface area (Å²) in [6, 6.07) is 7.26. The Bertz CT molecular complexity index is 505. The second kappa shape index (κ2) is 8.57. The molecule has 1 rings (SSSR count). The highest BCUT2D eigenvalue weighted by molar-refractivity contribution is 5.84. The molecule has 0 bridgehead atoms. The van der Waals surface area contributed by atoms with Gasteiger partial charge in [0, 0.05) is 0 Å². The van der Waals surface area contributed by atoms with Crippen molar-refractivity contribution >= 4 is 12.1 Å². The number of aliphatic hydroxyl groups excluding tert-OH is 5. The lowest BCUT2D eigenvalue weighted by Gasteiger charge is -2.24. The summed E-state index contributed by atoms with van der Waals surface area (Å²) >= 11 is 0. The van der Waals surface area contributed by atoms with Crippen LogP contribution in [0.3, 0.4) is 0 Å². The first kappa shape index (κ1) is 18.2. The average Bonchev–Trinajstić information content (AvgIpc) is 2.53. The van der Waals surface area contributed by atoms with Gasteiger partial charge in [0.25, 0.3) is 5.91 Å². The Hall–Kier alpha value is -1.84. The number of aryl methyl sites for hydroxylation is 1. The largest absolute Gasteiger partial charge is 0.394 e. The first-order valence-corrected chi connectivity index (χ1v) is 6.59. The highest BCUT2D eigenvalue weighted by atomic mass is 16.4. The summed E-state index contributed by atoms with van der Waals surface area (Å²) in [6.07, 6.45) is -6.17. The van der Waals surface area contributed by atoms with Crippen molar-refractivity contribution in [1.82, 2.24) is 5.43 Å². The Morgan fingerprint density at radius 3 is 2.32 bits per heavy atom. The smallest absolute Gasteiger partial charge is 0.271 e. The molecule has 0 aliphatic rings. The van der Waals surface area contributed by atoms with E-state index in [0.29, 0.717) is 0 Å². The number of amides is 1. The van der Waals surface area contributed by atoms with E-state index in [1.54, 1.807) is 12.1 Å². The zero-order valence-electron chi connectivity index (χ0n) is 12.0. The highest BCUT2D eigenvalue weighted by Crippen LogP contribution is 2.05. The van der Waals surface area contributed by atoms with E-state index in [1.165, 1.54) is 6.21 Å².